The highest BCUT2D eigenvalue weighted by molar-refractivity contribution is 7.17. The van der Waals surface area contributed by atoms with Crippen molar-refractivity contribution in [2.24, 2.45) is 7.05 Å². The van der Waals surface area contributed by atoms with Crippen LogP contribution in [-0.2, 0) is 29.4 Å². The van der Waals surface area contributed by atoms with Gasteiger partial charge in [0.2, 0.25) is 5.91 Å². The van der Waals surface area contributed by atoms with E-state index in [-0.39, 0.29) is 5.91 Å². The minimum absolute atomic E-state index is 0.286. The third-order valence-electron chi connectivity index (χ3n) is 5.85. The number of carbonyl (C=O) groups excluding carboxylic acids is 2. The monoisotopic (exact) mass is 435 g/mol. The van der Waals surface area contributed by atoms with Crippen LogP contribution >= 0.6 is 11.3 Å². The van der Waals surface area contributed by atoms with Gasteiger partial charge in [0.15, 0.2) is 0 Å². The Kier molecular flexibility index (Phi) is 6.04. The molecule has 0 fully saturated rings. The van der Waals surface area contributed by atoms with Gasteiger partial charge in [-0.15, -0.1) is 11.3 Å². The first kappa shape index (κ1) is 21.1. The number of thiophene rings is 1. The van der Waals surface area contributed by atoms with Crippen molar-refractivity contribution in [2.45, 2.75) is 32.1 Å². The molecule has 3 aromatic rings. The molecule has 1 amide bonds. The van der Waals surface area contributed by atoms with E-state index >= 15 is 0 Å². The smallest absolute Gasteiger partial charge is 0.341 e. The molecule has 0 radical (unpaired) electrons. The van der Waals surface area contributed by atoms with Gasteiger partial charge in [0.05, 0.1) is 18.9 Å². The van der Waals surface area contributed by atoms with Crippen molar-refractivity contribution >= 4 is 34.3 Å². The normalized spacial score (nSPS) is 15.6. The Labute approximate surface area is 185 Å². The predicted octanol–water partition coefficient (Wildman–Crippen LogP) is 4.50. The molecule has 160 valence electrons. The van der Waals surface area contributed by atoms with Gasteiger partial charge in [0.1, 0.15) is 5.00 Å². The first-order valence-corrected chi connectivity index (χ1v) is 11.0. The number of ether oxygens (including phenoxy) is 1. The minimum Gasteiger partial charge on any atom is -0.465 e. The molecule has 0 aliphatic heterocycles. The van der Waals surface area contributed by atoms with E-state index < -0.39 is 5.97 Å². The summed E-state index contributed by atoms with van der Waals surface area (Å²) in [6, 6.07) is 10.4. The summed E-state index contributed by atoms with van der Waals surface area (Å²) in [5, 5.41) is 7.63. The van der Waals surface area contributed by atoms with E-state index in [1.807, 2.05) is 20.0 Å². The number of amides is 1. The molecule has 0 saturated carbocycles. The molecule has 6 nitrogen and oxygen atoms in total. The van der Waals surface area contributed by atoms with Crippen LogP contribution in [0.4, 0.5) is 5.00 Å². The number of rotatable bonds is 5. The van der Waals surface area contributed by atoms with Crippen LogP contribution in [0.3, 0.4) is 0 Å². The summed E-state index contributed by atoms with van der Waals surface area (Å²) in [6.45, 7) is 1.94. The van der Waals surface area contributed by atoms with Crippen LogP contribution in [0.1, 0.15) is 50.0 Å². The number of hydrogen-bond acceptors (Lipinski definition) is 5. The lowest BCUT2D eigenvalue weighted by atomic mass is 9.83. The number of aromatic nitrogens is 2. The molecule has 2 heterocycles. The molecule has 0 spiro atoms. The molecule has 1 unspecified atom stereocenters. The van der Waals surface area contributed by atoms with Gasteiger partial charge in [-0.25, -0.2) is 4.79 Å². The van der Waals surface area contributed by atoms with Crippen LogP contribution in [-0.4, -0.2) is 28.8 Å². The fourth-order valence-corrected chi connectivity index (χ4v) is 5.32. The van der Waals surface area contributed by atoms with Gasteiger partial charge in [0, 0.05) is 29.3 Å². The molecular formula is C24H25N3O3S. The van der Waals surface area contributed by atoms with Crippen LogP contribution < -0.4 is 5.32 Å². The minimum atomic E-state index is -0.405. The molecule has 1 aliphatic carbocycles. The number of esters is 1. The van der Waals surface area contributed by atoms with Crippen LogP contribution in [0.5, 0.6) is 0 Å². The number of hydrogen-bond donors (Lipinski definition) is 1. The Morgan fingerprint density at radius 1 is 1.29 bits per heavy atom. The molecular weight excluding hydrogens is 410 g/mol. The topological polar surface area (TPSA) is 73.2 Å². The van der Waals surface area contributed by atoms with Gasteiger partial charge in [0.25, 0.3) is 0 Å². The zero-order valence-electron chi connectivity index (χ0n) is 17.8. The average Bonchev–Trinajstić information content (AvgIpc) is 3.31. The summed E-state index contributed by atoms with van der Waals surface area (Å²) in [4.78, 5) is 26.3. The van der Waals surface area contributed by atoms with Gasteiger partial charge >= 0.3 is 5.97 Å². The average molecular weight is 436 g/mol. The van der Waals surface area contributed by atoms with E-state index in [2.05, 4.69) is 34.7 Å². The molecule has 1 aromatic carbocycles. The number of benzene rings is 1. The van der Waals surface area contributed by atoms with Crippen molar-refractivity contribution in [3.8, 4) is 0 Å². The van der Waals surface area contributed by atoms with Gasteiger partial charge in [-0.2, -0.15) is 5.10 Å². The van der Waals surface area contributed by atoms with Gasteiger partial charge < -0.3 is 10.1 Å². The summed E-state index contributed by atoms with van der Waals surface area (Å²) in [6.07, 6.45) is 7.52. The Morgan fingerprint density at radius 3 is 2.74 bits per heavy atom. The van der Waals surface area contributed by atoms with Crippen molar-refractivity contribution < 1.29 is 14.3 Å². The van der Waals surface area contributed by atoms with Crippen LogP contribution in [0.15, 0.2) is 42.6 Å². The SMILES string of the molecule is COC(=O)c1c(NC(=O)C=Cc2cnn(C)c2C)sc2c1CCC(c1ccccc1)C2. The lowest BCUT2D eigenvalue weighted by molar-refractivity contribution is -0.111. The van der Waals surface area contributed by atoms with E-state index in [9.17, 15) is 9.59 Å². The number of methoxy groups -OCH3 is 1. The molecule has 4 rings (SSSR count). The number of carbonyl (C=O) groups is 2. The second kappa shape index (κ2) is 8.89. The Morgan fingerprint density at radius 2 is 2.06 bits per heavy atom. The van der Waals surface area contributed by atoms with Gasteiger partial charge in [-0.1, -0.05) is 30.3 Å². The van der Waals surface area contributed by atoms with E-state index in [4.69, 9.17) is 4.74 Å². The summed E-state index contributed by atoms with van der Waals surface area (Å²) < 4.78 is 6.78. The lowest BCUT2D eigenvalue weighted by Gasteiger charge is -2.22. The number of fused-ring (bicyclic) bond motifs is 1. The molecule has 1 aliphatic rings. The summed E-state index contributed by atoms with van der Waals surface area (Å²) >= 11 is 1.48. The zero-order valence-corrected chi connectivity index (χ0v) is 18.7. The molecule has 1 atom stereocenters. The predicted molar refractivity (Wildman–Crippen MR) is 122 cm³/mol. The van der Waals surface area contributed by atoms with E-state index in [1.165, 1.54) is 30.1 Å². The first-order valence-electron chi connectivity index (χ1n) is 10.2. The van der Waals surface area contributed by atoms with E-state index in [0.717, 1.165) is 41.0 Å². The van der Waals surface area contributed by atoms with Crippen molar-refractivity contribution in [1.82, 2.24) is 9.78 Å². The molecule has 31 heavy (non-hydrogen) atoms. The summed E-state index contributed by atoms with van der Waals surface area (Å²) in [7, 11) is 3.23. The molecule has 1 N–H and O–H groups in total. The quantitative estimate of drug-likeness (QED) is 0.473. The second-order valence-corrected chi connectivity index (χ2v) is 8.79. The van der Waals surface area contributed by atoms with Crippen molar-refractivity contribution in [2.75, 3.05) is 12.4 Å². The summed E-state index contributed by atoms with van der Waals surface area (Å²) in [5.41, 5.74) is 4.65. The fourth-order valence-electron chi connectivity index (χ4n) is 4.00. The maximum atomic E-state index is 12.6. The highest BCUT2D eigenvalue weighted by Gasteiger charge is 2.30. The first-order chi connectivity index (χ1) is 15.0. The second-order valence-electron chi connectivity index (χ2n) is 7.68. The third-order valence-corrected chi connectivity index (χ3v) is 7.02. The van der Waals surface area contributed by atoms with Crippen LogP contribution in [0, 0.1) is 6.92 Å². The maximum Gasteiger partial charge on any atom is 0.341 e. The number of nitrogens with one attached hydrogen (secondary N) is 1. The van der Waals surface area contributed by atoms with E-state index in [1.54, 1.807) is 17.0 Å². The number of anilines is 1. The van der Waals surface area contributed by atoms with Crippen molar-refractivity contribution in [3.63, 3.8) is 0 Å². The van der Waals surface area contributed by atoms with Crippen LogP contribution in [0.25, 0.3) is 6.08 Å². The highest BCUT2D eigenvalue weighted by Crippen LogP contribution is 2.42. The highest BCUT2D eigenvalue weighted by atomic mass is 32.1. The number of aryl methyl sites for hydroxylation is 1. The summed E-state index contributed by atoms with van der Waals surface area (Å²) in [5.74, 6) is -0.278. The fraction of sp³-hybridized carbons (Fsp3) is 0.292. The molecule has 7 heteroatoms. The zero-order chi connectivity index (χ0) is 22.0. The van der Waals surface area contributed by atoms with E-state index in [0.29, 0.717) is 16.5 Å². The largest absolute Gasteiger partial charge is 0.465 e. The molecule has 0 bridgehead atoms. The molecule has 2 aromatic heterocycles. The van der Waals surface area contributed by atoms with Crippen molar-refractivity contribution in [1.29, 1.82) is 0 Å². The maximum absolute atomic E-state index is 12.6. The Hall–Kier alpha value is -3.19. The lowest BCUT2D eigenvalue weighted by Crippen LogP contribution is -2.15. The Bertz CT molecular complexity index is 1140. The number of nitrogens with zero attached hydrogens (tertiary/aromatic N) is 2. The third kappa shape index (κ3) is 4.32. The Balaban J connectivity index is 1.58. The van der Waals surface area contributed by atoms with Crippen molar-refractivity contribution in [3.05, 3.63) is 75.4 Å². The standard InChI is InChI=1S/C24H25N3O3S/c1-15-18(14-25-27(15)2)10-12-21(28)26-23-22(24(29)30-3)19-11-9-17(13-20(19)31-23)16-7-5-4-6-8-16/h4-8,10,12,14,17H,9,11,13H2,1-3H3,(H,26,28). The van der Waals surface area contributed by atoms with Crippen LogP contribution in [0.2, 0.25) is 0 Å². The van der Waals surface area contributed by atoms with Gasteiger partial charge in [-0.05, 0) is 49.3 Å². The molecule has 0 saturated heterocycles. The van der Waals surface area contributed by atoms with Gasteiger partial charge in [-0.3, -0.25) is 9.48 Å².